The summed E-state index contributed by atoms with van der Waals surface area (Å²) in [6.45, 7) is 0. The van der Waals surface area contributed by atoms with Crippen LogP contribution in [0, 0.1) is 0 Å². The smallest absolute Gasteiger partial charge is 0.341 e. The highest BCUT2D eigenvalue weighted by Crippen LogP contribution is 2.28. The zero-order valence-electron chi connectivity index (χ0n) is 8.25. The largest absolute Gasteiger partial charge is 0.510 e. The van der Waals surface area contributed by atoms with Crippen molar-refractivity contribution in [2.24, 2.45) is 4.99 Å². The minimum absolute atomic E-state index is 0.0890. The lowest BCUT2D eigenvalue weighted by atomic mass is 10.2. The highest BCUT2D eigenvalue weighted by Gasteiger charge is 2.27. The van der Waals surface area contributed by atoms with E-state index < -0.39 is 5.97 Å². The molecule has 1 aliphatic rings. The standard InChI is InChI=1S/C11H9NO3S/c13-8-6-16-10(9(8)11(14)15)12-7-4-2-1-3-5-7/h1-5,13H,6H2,(H,14,15). The van der Waals surface area contributed by atoms with Gasteiger partial charge in [-0.25, -0.2) is 9.79 Å². The number of carboxylic acid groups (broad SMARTS) is 1. The number of aliphatic imine (C=N–C) groups is 1. The number of aliphatic carboxylic acids is 1. The summed E-state index contributed by atoms with van der Waals surface area (Å²) in [7, 11) is 0. The summed E-state index contributed by atoms with van der Waals surface area (Å²) in [5.74, 6) is -0.989. The van der Waals surface area contributed by atoms with Crippen LogP contribution in [-0.2, 0) is 4.79 Å². The third-order valence-corrected chi connectivity index (χ3v) is 3.04. The molecule has 82 valence electrons. The fourth-order valence-electron chi connectivity index (χ4n) is 1.33. The van der Waals surface area contributed by atoms with E-state index in [-0.39, 0.29) is 17.1 Å². The topological polar surface area (TPSA) is 69.9 Å². The molecule has 1 aromatic rings. The van der Waals surface area contributed by atoms with Gasteiger partial charge in [0.15, 0.2) is 0 Å². The maximum absolute atomic E-state index is 10.9. The van der Waals surface area contributed by atoms with Crippen LogP contribution >= 0.6 is 11.8 Å². The van der Waals surface area contributed by atoms with E-state index in [1.165, 1.54) is 11.8 Å². The number of nitrogens with zero attached hydrogens (tertiary/aromatic N) is 1. The predicted molar refractivity (Wildman–Crippen MR) is 63.3 cm³/mol. The van der Waals surface area contributed by atoms with Gasteiger partial charge < -0.3 is 10.2 Å². The molecule has 0 atom stereocenters. The summed E-state index contributed by atoms with van der Waals surface area (Å²) in [5.41, 5.74) is 0.590. The van der Waals surface area contributed by atoms with E-state index in [2.05, 4.69) is 4.99 Å². The highest BCUT2D eigenvalue weighted by molar-refractivity contribution is 8.15. The highest BCUT2D eigenvalue weighted by atomic mass is 32.2. The molecule has 5 heteroatoms. The van der Waals surface area contributed by atoms with Crippen LogP contribution in [0.15, 0.2) is 46.7 Å². The van der Waals surface area contributed by atoms with Gasteiger partial charge in [-0.1, -0.05) is 30.0 Å². The van der Waals surface area contributed by atoms with Gasteiger partial charge in [-0.15, -0.1) is 0 Å². The molecule has 0 bridgehead atoms. The third kappa shape index (κ3) is 2.09. The van der Waals surface area contributed by atoms with Gasteiger partial charge in [0, 0.05) is 0 Å². The molecule has 0 aromatic heterocycles. The minimum atomic E-state index is -1.14. The first-order chi connectivity index (χ1) is 7.68. The molecular formula is C11H9NO3S. The van der Waals surface area contributed by atoms with Crippen molar-refractivity contribution in [3.8, 4) is 0 Å². The number of carboxylic acids is 1. The van der Waals surface area contributed by atoms with E-state index >= 15 is 0 Å². The molecule has 0 spiro atoms. The summed E-state index contributed by atoms with van der Waals surface area (Å²) < 4.78 is 0. The fraction of sp³-hybridized carbons (Fsp3) is 0.0909. The number of hydrogen-bond donors (Lipinski definition) is 2. The van der Waals surface area contributed by atoms with Crippen molar-refractivity contribution < 1.29 is 15.0 Å². The first kappa shape index (κ1) is 10.8. The van der Waals surface area contributed by atoms with Crippen molar-refractivity contribution in [1.29, 1.82) is 0 Å². The van der Waals surface area contributed by atoms with Crippen LogP contribution in [0.25, 0.3) is 0 Å². The molecule has 0 saturated carbocycles. The van der Waals surface area contributed by atoms with Crippen molar-refractivity contribution in [3.63, 3.8) is 0 Å². The van der Waals surface area contributed by atoms with Crippen molar-refractivity contribution in [2.75, 3.05) is 5.75 Å². The number of hydrogen-bond acceptors (Lipinski definition) is 4. The van der Waals surface area contributed by atoms with Crippen molar-refractivity contribution >= 4 is 28.5 Å². The van der Waals surface area contributed by atoms with E-state index in [1.54, 1.807) is 12.1 Å². The molecule has 0 unspecified atom stereocenters. The molecule has 1 heterocycles. The Hall–Kier alpha value is -1.75. The molecular weight excluding hydrogens is 226 g/mol. The molecule has 0 aliphatic carbocycles. The van der Waals surface area contributed by atoms with Crippen LogP contribution in [0.1, 0.15) is 0 Å². The summed E-state index contributed by atoms with van der Waals surface area (Å²) in [6.07, 6.45) is 0. The number of benzene rings is 1. The second-order valence-corrected chi connectivity index (χ2v) is 4.13. The predicted octanol–water partition coefficient (Wildman–Crippen LogP) is 2.36. The lowest BCUT2D eigenvalue weighted by molar-refractivity contribution is -0.132. The SMILES string of the molecule is O=C(O)C1=C(O)CSC1=Nc1ccccc1. The summed E-state index contributed by atoms with van der Waals surface area (Å²) in [4.78, 5) is 15.1. The number of carbonyl (C=O) groups is 1. The Balaban J connectivity index is 2.36. The maximum atomic E-state index is 10.9. The van der Waals surface area contributed by atoms with Gasteiger partial charge in [0.05, 0.1) is 11.4 Å². The van der Waals surface area contributed by atoms with Crippen LogP contribution < -0.4 is 0 Å². The normalized spacial score (nSPS) is 18.1. The molecule has 16 heavy (non-hydrogen) atoms. The molecule has 0 fully saturated rings. The van der Waals surface area contributed by atoms with E-state index in [4.69, 9.17) is 5.11 Å². The van der Waals surface area contributed by atoms with Gasteiger partial charge >= 0.3 is 5.97 Å². The first-order valence-electron chi connectivity index (χ1n) is 4.61. The molecule has 0 radical (unpaired) electrons. The van der Waals surface area contributed by atoms with Gasteiger partial charge in [-0.3, -0.25) is 0 Å². The Bertz CT molecular complexity index is 479. The second-order valence-electron chi connectivity index (χ2n) is 3.17. The first-order valence-corrected chi connectivity index (χ1v) is 5.59. The van der Waals surface area contributed by atoms with E-state index in [0.717, 1.165) is 0 Å². The van der Waals surface area contributed by atoms with Crippen molar-refractivity contribution in [2.45, 2.75) is 0 Å². The number of para-hydroxylation sites is 1. The lowest BCUT2D eigenvalue weighted by Gasteiger charge is -1.98. The Kier molecular flexibility index (Phi) is 2.96. The molecule has 1 aliphatic heterocycles. The Morgan fingerprint density at radius 1 is 1.31 bits per heavy atom. The quantitative estimate of drug-likeness (QED) is 0.825. The van der Waals surface area contributed by atoms with E-state index in [9.17, 15) is 9.90 Å². The van der Waals surface area contributed by atoms with E-state index in [1.807, 2.05) is 18.2 Å². The molecule has 2 rings (SSSR count). The molecule has 4 nitrogen and oxygen atoms in total. The van der Waals surface area contributed by atoms with Crippen LogP contribution in [0.4, 0.5) is 5.69 Å². The van der Waals surface area contributed by atoms with Crippen LogP contribution in [0.2, 0.25) is 0 Å². The van der Waals surface area contributed by atoms with Gasteiger partial charge in [-0.2, -0.15) is 0 Å². The number of aliphatic hydroxyl groups excluding tert-OH is 1. The number of thioether (sulfide) groups is 1. The maximum Gasteiger partial charge on any atom is 0.341 e. The summed E-state index contributed by atoms with van der Waals surface area (Å²) in [5, 5.41) is 18.7. The fourth-order valence-corrected chi connectivity index (χ4v) is 2.26. The average molecular weight is 235 g/mol. The summed E-state index contributed by atoms with van der Waals surface area (Å²) >= 11 is 1.23. The third-order valence-electron chi connectivity index (χ3n) is 2.05. The molecule has 0 amide bonds. The average Bonchev–Trinajstić information content (AvgIpc) is 2.61. The van der Waals surface area contributed by atoms with Gasteiger partial charge in [-0.05, 0) is 12.1 Å². The molecule has 2 N–H and O–H groups in total. The van der Waals surface area contributed by atoms with Gasteiger partial charge in [0.1, 0.15) is 16.4 Å². The Labute approximate surface area is 96.3 Å². The van der Waals surface area contributed by atoms with Crippen molar-refractivity contribution in [1.82, 2.24) is 0 Å². The monoisotopic (exact) mass is 235 g/mol. The minimum Gasteiger partial charge on any atom is -0.510 e. The zero-order chi connectivity index (χ0) is 11.5. The van der Waals surface area contributed by atoms with Crippen LogP contribution in [0.5, 0.6) is 0 Å². The second kappa shape index (κ2) is 4.40. The number of aliphatic hydroxyl groups is 1. The van der Waals surface area contributed by atoms with Crippen molar-refractivity contribution in [3.05, 3.63) is 41.7 Å². The van der Waals surface area contributed by atoms with Gasteiger partial charge in [0.2, 0.25) is 0 Å². The van der Waals surface area contributed by atoms with Crippen LogP contribution in [-0.4, -0.2) is 27.0 Å². The lowest BCUT2D eigenvalue weighted by Crippen LogP contribution is -2.07. The van der Waals surface area contributed by atoms with Gasteiger partial charge in [0.25, 0.3) is 0 Å². The van der Waals surface area contributed by atoms with Crippen LogP contribution in [0.3, 0.4) is 0 Å². The zero-order valence-corrected chi connectivity index (χ0v) is 9.07. The Morgan fingerprint density at radius 2 is 2.00 bits per heavy atom. The molecule has 1 aromatic carbocycles. The van der Waals surface area contributed by atoms with E-state index in [0.29, 0.717) is 10.7 Å². The molecule has 0 saturated heterocycles. The Morgan fingerprint density at radius 3 is 2.62 bits per heavy atom. The summed E-state index contributed by atoms with van der Waals surface area (Å²) in [6, 6.07) is 9.06. The number of rotatable bonds is 2.